The van der Waals surface area contributed by atoms with Crippen LogP contribution in [0.15, 0.2) is 18.2 Å². The lowest BCUT2D eigenvalue weighted by Crippen LogP contribution is -2.51. The van der Waals surface area contributed by atoms with Gasteiger partial charge in [-0.1, -0.05) is 29.3 Å². The van der Waals surface area contributed by atoms with Crippen LogP contribution in [-0.4, -0.2) is 47.0 Å². The molecular weight excluding hydrogens is 383 g/mol. The highest BCUT2D eigenvalue weighted by Crippen LogP contribution is 2.33. The van der Waals surface area contributed by atoms with E-state index in [4.69, 9.17) is 27.9 Å². The molecular formula is C17H20Cl2N2O3S. The van der Waals surface area contributed by atoms with Crippen molar-refractivity contribution in [3.05, 3.63) is 28.2 Å². The van der Waals surface area contributed by atoms with Crippen molar-refractivity contribution < 1.29 is 14.3 Å². The van der Waals surface area contributed by atoms with Crippen molar-refractivity contribution in [1.82, 2.24) is 10.2 Å². The molecule has 25 heavy (non-hydrogen) atoms. The zero-order valence-electron chi connectivity index (χ0n) is 13.8. The quantitative estimate of drug-likeness (QED) is 0.793. The number of thioether (sulfide) groups is 1. The van der Waals surface area contributed by atoms with Gasteiger partial charge in [0.05, 0.1) is 10.9 Å². The fourth-order valence-corrected chi connectivity index (χ4v) is 4.11. The maximum Gasteiger partial charge on any atom is 0.264 e. The zero-order valence-corrected chi connectivity index (χ0v) is 16.2. The van der Waals surface area contributed by atoms with Crippen LogP contribution in [0, 0.1) is 5.92 Å². The summed E-state index contributed by atoms with van der Waals surface area (Å²) in [7, 11) is 0. The summed E-state index contributed by atoms with van der Waals surface area (Å²) >= 11 is 13.6. The summed E-state index contributed by atoms with van der Waals surface area (Å²) in [5.41, 5.74) is 0. The van der Waals surface area contributed by atoms with E-state index in [9.17, 15) is 9.59 Å². The van der Waals surface area contributed by atoms with Gasteiger partial charge in [-0.15, -0.1) is 11.8 Å². The monoisotopic (exact) mass is 402 g/mol. The molecule has 2 amide bonds. The van der Waals surface area contributed by atoms with E-state index in [1.54, 1.807) is 41.8 Å². The molecule has 0 spiro atoms. The highest BCUT2D eigenvalue weighted by atomic mass is 35.5. The Morgan fingerprint density at radius 1 is 1.40 bits per heavy atom. The van der Waals surface area contributed by atoms with Crippen molar-refractivity contribution in [3.63, 3.8) is 0 Å². The van der Waals surface area contributed by atoms with E-state index in [0.717, 1.165) is 0 Å². The third kappa shape index (κ3) is 4.54. The summed E-state index contributed by atoms with van der Waals surface area (Å²) in [6.45, 7) is 2.36. The summed E-state index contributed by atoms with van der Waals surface area (Å²) in [4.78, 5) is 26.7. The van der Waals surface area contributed by atoms with E-state index in [1.165, 1.54) is 12.8 Å². The van der Waals surface area contributed by atoms with E-state index in [-0.39, 0.29) is 16.8 Å². The maximum absolute atomic E-state index is 12.7. The summed E-state index contributed by atoms with van der Waals surface area (Å²) in [6.07, 6.45) is 1.59. The Morgan fingerprint density at radius 2 is 2.16 bits per heavy atom. The van der Waals surface area contributed by atoms with Crippen LogP contribution >= 0.6 is 35.0 Å². The Bertz CT molecular complexity index is 669. The van der Waals surface area contributed by atoms with Crippen molar-refractivity contribution in [2.45, 2.75) is 31.9 Å². The normalized spacial score (nSPS) is 21.1. The smallest absolute Gasteiger partial charge is 0.264 e. The number of amides is 2. The number of benzene rings is 1. The van der Waals surface area contributed by atoms with E-state index >= 15 is 0 Å². The van der Waals surface area contributed by atoms with Crippen molar-refractivity contribution in [2.24, 2.45) is 5.92 Å². The largest absolute Gasteiger partial charge is 0.479 e. The van der Waals surface area contributed by atoms with Gasteiger partial charge in [0.25, 0.3) is 5.91 Å². The highest BCUT2D eigenvalue weighted by Gasteiger charge is 2.37. The lowest BCUT2D eigenvalue weighted by molar-refractivity contribution is -0.143. The molecule has 1 aromatic rings. The molecule has 1 N–H and O–H groups in total. The van der Waals surface area contributed by atoms with Gasteiger partial charge in [-0.05, 0) is 37.8 Å². The van der Waals surface area contributed by atoms with Crippen LogP contribution in [-0.2, 0) is 9.59 Å². The lowest BCUT2D eigenvalue weighted by Gasteiger charge is -2.26. The van der Waals surface area contributed by atoms with Crippen LogP contribution in [0.5, 0.6) is 5.75 Å². The van der Waals surface area contributed by atoms with Gasteiger partial charge in [0.1, 0.15) is 16.8 Å². The van der Waals surface area contributed by atoms with E-state index in [1.807, 2.05) is 0 Å². The Balaban J connectivity index is 1.61. The molecule has 0 bridgehead atoms. The number of hydrogen-bond donors (Lipinski definition) is 1. The topological polar surface area (TPSA) is 58.6 Å². The predicted molar refractivity (Wildman–Crippen MR) is 100 cm³/mol. The van der Waals surface area contributed by atoms with Crippen molar-refractivity contribution in [2.75, 3.05) is 18.2 Å². The molecule has 5 nitrogen and oxygen atoms in total. The maximum atomic E-state index is 12.7. The molecule has 1 aromatic carbocycles. The van der Waals surface area contributed by atoms with Crippen LogP contribution in [0.4, 0.5) is 0 Å². The third-order valence-corrected chi connectivity index (χ3v) is 6.11. The molecule has 136 valence electrons. The predicted octanol–water partition coefficient (Wildman–Crippen LogP) is 3.19. The van der Waals surface area contributed by atoms with Crippen LogP contribution in [0.2, 0.25) is 10.0 Å². The van der Waals surface area contributed by atoms with Crippen molar-refractivity contribution >= 4 is 46.8 Å². The lowest BCUT2D eigenvalue weighted by atomic mass is 10.2. The van der Waals surface area contributed by atoms with Gasteiger partial charge in [0.15, 0.2) is 6.10 Å². The van der Waals surface area contributed by atoms with Crippen LogP contribution in [0.3, 0.4) is 0 Å². The van der Waals surface area contributed by atoms with E-state index in [0.29, 0.717) is 34.9 Å². The standard InChI is InChI=1S/C17H20Cl2N2O3S/c1-10(24-14-4-2-3-12(18)15(14)19)17(23)21-9-25-8-13(21)16(22)20-7-11-5-6-11/h2-4,10-11,13H,5-9H2,1H3,(H,20,22). The molecule has 1 saturated heterocycles. The Labute approximate surface area is 161 Å². The van der Waals surface area contributed by atoms with Gasteiger partial charge in [-0.25, -0.2) is 0 Å². The first-order valence-corrected chi connectivity index (χ1v) is 10.1. The Morgan fingerprint density at radius 3 is 2.88 bits per heavy atom. The zero-order chi connectivity index (χ0) is 18.0. The first kappa shape index (κ1) is 18.7. The van der Waals surface area contributed by atoms with E-state index in [2.05, 4.69) is 5.32 Å². The molecule has 2 atom stereocenters. The molecule has 3 rings (SSSR count). The molecule has 1 aliphatic heterocycles. The Hall–Kier alpha value is -1.11. The van der Waals surface area contributed by atoms with Gasteiger partial charge >= 0.3 is 0 Å². The Kier molecular flexibility index (Phi) is 6.02. The molecule has 1 saturated carbocycles. The average Bonchev–Trinajstić information content (AvgIpc) is 3.30. The molecule has 1 heterocycles. The van der Waals surface area contributed by atoms with Crippen molar-refractivity contribution in [3.8, 4) is 5.75 Å². The summed E-state index contributed by atoms with van der Waals surface area (Å²) < 4.78 is 5.69. The molecule has 1 aliphatic carbocycles. The van der Waals surface area contributed by atoms with Crippen LogP contribution in [0.1, 0.15) is 19.8 Å². The SMILES string of the molecule is CC(Oc1cccc(Cl)c1Cl)C(=O)N1CSCC1C(=O)NCC1CC1. The number of carbonyl (C=O) groups excluding carboxylic acids is 2. The molecule has 2 fully saturated rings. The number of nitrogens with one attached hydrogen (secondary N) is 1. The van der Waals surface area contributed by atoms with Gasteiger partial charge in [-0.2, -0.15) is 0 Å². The molecule has 2 aliphatic rings. The second-order valence-corrected chi connectivity index (χ2v) is 8.11. The number of halogens is 2. The van der Waals surface area contributed by atoms with Crippen molar-refractivity contribution in [1.29, 1.82) is 0 Å². The summed E-state index contributed by atoms with van der Waals surface area (Å²) in [6, 6.07) is 4.58. The van der Waals surface area contributed by atoms with Gasteiger partial charge in [-0.3, -0.25) is 9.59 Å². The van der Waals surface area contributed by atoms with Crippen LogP contribution < -0.4 is 10.1 Å². The molecule has 0 aromatic heterocycles. The number of hydrogen-bond acceptors (Lipinski definition) is 4. The number of nitrogens with zero attached hydrogens (tertiary/aromatic N) is 1. The fourth-order valence-electron chi connectivity index (χ4n) is 2.61. The summed E-state index contributed by atoms with van der Waals surface area (Å²) in [5.74, 6) is 1.74. The number of rotatable bonds is 6. The number of ether oxygens (including phenoxy) is 1. The number of carbonyl (C=O) groups is 2. The second kappa shape index (κ2) is 8.06. The molecule has 2 unspecified atom stereocenters. The first-order chi connectivity index (χ1) is 12.0. The second-order valence-electron chi connectivity index (χ2n) is 6.32. The van der Waals surface area contributed by atoms with Gasteiger partial charge in [0.2, 0.25) is 5.91 Å². The third-order valence-electron chi connectivity index (χ3n) is 4.30. The van der Waals surface area contributed by atoms with Gasteiger partial charge < -0.3 is 15.0 Å². The van der Waals surface area contributed by atoms with E-state index < -0.39 is 12.1 Å². The minimum absolute atomic E-state index is 0.0850. The summed E-state index contributed by atoms with van der Waals surface area (Å²) in [5, 5.41) is 3.60. The van der Waals surface area contributed by atoms with Gasteiger partial charge in [0, 0.05) is 12.3 Å². The minimum Gasteiger partial charge on any atom is -0.479 e. The molecule has 8 heteroatoms. The minimum atomic E-state index is -0.756. The highest BCUT2D eigenvalue weighted by molar-refractivity contribution is 7.99. The average molecular weight is 403 g/mol. The molecule has 0 radical (unpaired) electrons. The van der Waals surface area contributed by atoms with Crippen LogP contribution in [0.25, 0.3) is 0 Å². The fraction of sp³-hybridized carbons (Fsp3) is 0.529. The first-order valence-electron chi connectivity index (χ1n) is 8.24.